The summed E-state index contributed by atoms with van der Waals surface area (Å²) in [6.07, 6.45) is 79.8. The Morgan fingerprint density at radius 1 is 0.354 bits per heavy atom. The summed E-state index contributed by atoms with van der Waals surface area (Å²) in [7, 11) is -4.78. The van der Waals surface area contributed by atoms with E-state index >= 15 is 0 Å². The number of unbranched alkanes of at least 4 members (excludes halogenated alkanes) is 19. The molecule has 0 aliphatic carbocycles. The second-order valence-electron chi connectivity index (χ2n) is 20.8. The molecule has 0 aromatic heterocycles. The van der Waals surface area contributed by atoms with Crippen molar-refractivity contribution < 1.29 is 52.2 Å². The lowest BCUT2D eigenvalue weighted by Crippen LogP contribution is -2.30. The van der Waals surface area contributed by atoms with Gasteiger partial charge in [-0.3, -0.25) is 23.4 Å². The standard InChI is InChI=1S/C70H115O11P/c1-4-7-10-13-16-19-22-25-28-31-33-36-38-41-44-47-50-53-56-59-68(72)77-63-67(81-70(74)61-58-55-52-49-46-43-40-37-34-32-29-26-23-20-17-14-11-8-5-2)65-79-82(75,76)78-64-66(62-71)80-69(73)60-57-54-51-48-45-42-39-35-30-27-24-21-18-15-12-9-6-3/h7,9-10,12,16-21,25-30,33,36,41,44,50,53,66-67,71H,4-6,8,11,13-15,22-24,31-32,34-35,37-40,42-43,45-49,51-52,54-65H2,1-3H3,(H,75,76)/b10-7-,12-9-,19-16-,20-17-,21-18-,28-25-,29-26-,30-27-,36-33-,44-41-,53-50-. The average Bonchev–Trinajstić information content (AvgIpc) is 3.47. The van der Waals surface area contributed by atoms with Gasteiger partial charge in [-0.25, -0.2) is 4.57 Å². The molecule has 466 valence electrons. The summed E-state index contributed by atoms with van der Waals surface area (Å²) in [5, 5.41) is 9.86. The van der Waals surface area contributed by atoms with Gasteiger partial charge in [0.05, 0.1) is 19.8 Å². The van der Waals surface area contributed by atoms with Gasteiger partial charge in [-0.2, -0.15) is 0 Å². The smallest absolute Gasteiger partial charge is 0.462 e. The van der Waals surface area contributed by atoms with Crippen molar-refractivity contribution in [3.63, 3.8) is 0 Å². The van der Waals surface area contributed by atoms with Crippen LogP contribution in [0.5, 0.6) is 0 Å². The van der Waals surface area contributed by atoms with Crippen LogP contribution < -0.4 is 0 Å². The topological polar surface area (TPSA) is 155 Å². The van der Waals surface area contributed by atoms with E-state index < -0.39 is 57.8 Å². The minimum absolute atomic E-state index is 0.0936. The van der Waals surface area contributed by atoms with Crippen LogP contribution in [0.25, 0.3) is 0 Å². The molecular weight excluding hydrogens is 1050 g/mol. The van der Waals surface area contributed by atoms with Crippen LogP contribution in [0.4, 0.5) is 0 Å². The first-order chi connectivity index (χ1) is 40.2. The van der Waals surface area contributed by atoms with Gasteiger partial charge in [0.2, 0.25) is 0 Å². The molecule has 0 aliphatic rings. The molecule has 11 nitrogen and oxygen atoms in total. The molecule has 0 heterocycles. The molecule has 3 atom stereocenters. The third kappa shape index (κ3) is 60.2. The zero-order chi connectivity index (χ0) is 59.8. The van der Waals surface area contributed by atoms with Crippen molar-refractivity contribution >= 4 is 25.7 Å². The van der Waals surface area contributed by atoms with Crippen molar-refractivity contribution in [1.29, 1.82) is 0 Å². The van der Waals surface area contributed by atoms with Crippen LogP contribution in [0.2, 0.25) is 0 Å². The van der Waals surface area contributed by atoms with Crippen molar-refractivity contribution in [2.75, 3.05) is 26.4 Å². The summed E-state index contributed by atoms with van der Waals surface area (Å²) in [5.41, 5.74) is 0. The molecule has 0 spiro atoms. The molecule has 0 fully saturated rings. The summed E-state index contributed by atoms with van der Waals surface area (Å²) in [4.78, 5) is 48.7. The van der Waals surface area contributed by atoms with Crippen LogP contribution in [-0.2, 0) is 42.2 Å². The van der Waals surface area contributed by atoms with Gasteiger partial charge < -0.3 is 24.2 Å². The fourth-order valence-electron chi connectivity index (χ4n) is 8.25. The van der Waals surface area contributed by atoms with Crippen LogP contribution in [0.1, 0.15) is 252 Å². The van der Waals surface area contributed by atoms with E-state index in [1.165, 1.54) is 57.8 Å². The minimum Gasteiger partial charge on any atom is -0.462 e. The second kappa shape index (κ2) is 62.7. The third-order valence-corrected chi connectivity index (χ3v) is 14.0. The molecule has 0 amide bonds. The number of carbonyl (C=O) groups is 3. The molecule has 0 rings (SSSR count). The summed E-state index contributed by atoms with van der Waals surface area (Å²) >= 11 is 0. The Labute approximate surface area is 500 Å². The number of phosphoric ester groups is 1. The van der Waals surface area contributed by atoms with Crippen LogP contribution in [0.3, 0.4) is 0 Å². The van der Waals surface area contributed by atoms with Crippen LogP contribution in [0.15, 0.2) is 134 Å². The van der Waals surface area contributed by atoms with Gasteiger partial charge in [0.25, 0.3) is 0 Å². The fourth-order valence-corrected chi connectivity index (χ4v) is 9.03. The first kappa shape index (κ1) is 77.6. The largest absolute Gasteiger partial charge is 0.472 e. The normalized spacial score (nSPS) is 14.2. The van der Waals surface area contributed by atoms with E-state index in [-0.39, 0.29) is 25.9 Å². The molecule has 0 aliphatic heterocycles. The van der Waals surface area contributed by atoms with Gasteiger partial charge in [-0.15, -0.1) is 0 Å². The molecule has 82 heavy (non-hydrogen) atoms. The molecule has 3 unspecified atom stereocenters. The zero-order valence-electron chi connectivity index (χ0n) is 51.7. The molecule has 0 saturated carbocycles. The van der Waals surface area contributed by atoms with Gasteiger partial charge in [0, 0.05) is 19.3 Å². The molecule has 0 saturated heterocycles. The van der Waals surface area contributed by atoms with Crippen LogP contribution in [0, 0.1) is 0 Å². The summed E-state index contributed by atoms with van der Waals surface area (Å²) < 4.78 is 39.6. The first-order valence-electron chi connectivity index (χ1n) is 32.1. The number of hydrogen-bond donors (Lipinski definition) is 2. The van der Waals surface area contributed by atoms with E-state index in [9.17, 15) is 28.9 Å². The SMILES string of the molecule is CC/C=C\C/C=C\C/C=C\C/C=C\C/C=C\C/C=C\CCC(=O)OCC(COP(=O)(O)OCC(CO)OC(=O)CCCCCCCCC/C=C\C/C=C\C/C=C\CC)OC(=O)CCCCCCCCCCC/C=C\C/C=C\CCCCC. The maximum absolute atomic E-state index is 13.0. The van der Waals surface area contributed by atoms with E-state index in [0.717, 1.165) is 135 Å². The highest BCUT2D eigenvalue weighted by Gasteiger charge is 2.28. The number of allylic oxidation sites excluding steroid dienone is 22. The van der Waals surface area contributed by atoms with Crippen molar-refractivity contribution in [3.8, 4) is 0 Å². The van der Waals surface area contributed by atoms with E-state index in [1.807, 2.05) is 12.2 Å². The predicted molar refractivity (Wildman–Crippen MR) is 343 cm³/mol. The molecule has 2 N–H and O–H groups in total. The zero-order valence-corrected chi connectivity index (χ0v) is 52.6. The lowest BCUT2D eigenvalue weighted by Gasteiger charge is -2.21. The number of aliphatic hydroxyl groups excluding tert-OH is 1. The molecule has 0 bridgehead atoms. The summed E-state index contributed by atoms with van der Waals surface area (Å²) in [6, 6.07) is 0. The molecule has 0 radical (unpaired) electrons. The highest BCUT2D eigenvalue weighted by Crippen LogP contribution is 2.43. The van der Waals surface area contributed by atoms with Gasteiger partial charge >= 0.3 is 25.7 Å². The highest BCUT2D eigenvalue weighted by atomic mass is 31.2. The lowest BCUT2D eigenvalue weighted by atomic mass is 10.1. The Kier molecular flexibility index (Phi) is 59.3. The van der Waals surface area contributed by atoms with Crippen molar-refractivity contribution in [2.24, 2.45) is 0 Å². The van der Waals surface area contributed by atoms with Gasteiger partial charge in [-0.05, 0) is 122 Å². The number of ether oxygens (including phenoxy) is 3. The Bertz CT molecular complexity index is 1890. The minimum atomic E-state index is -4.78. The molecule has 0 aromatic rings. The predicted octanol–water partition coefficient (Wildman–Crippen LogP) is 19.7. The summed E-state index contributed by atoms with van der Waals surface area (Å²) in [6.45, 7) is 4.31. The Morgan fingerprint density at radius 2 is 0.659 bits per heavy atom. The first-order valence-corrected chi connectivity index (χ1v) is 33.6. The third-order valence-electron chi connectivity index (χ3n) is 13.1. The van der Waals surface area contributed by atoms with Gasteiger partial charge in [0.1, 0.15) is 12.7 Å². The van der Waals surface area contributed by atoms with Gasteiger partial charge in [0.15, 0.2) is 6.10 Å². The van der Waals surface area contributed by atoms with Crippen LogP contribution >= 0.6 is 7.82 Å². The highest BCUT2D eigenvalue weighted by molar-refractivity contribution is 7.47. The number of esters is 3. The van der Waals surface area contributed by atoms with Gasteiger partial charge in [-0.1, -0.05) is 244 Å². The maximum atomic E-state index is 13.0. The lowest BCUT2D eigenvalue weighted by molar-refractivity contribution is -0.161. The Morgan fingerprint density at radius 3 is 1.02 bits per heavy atom. The summed E-state index contributed by atoms with van der Waals surface area (Å²) in [5.74, 6) is -1.59. The molecule has 0 aromatic carbocycles. The Balaban J connectivity index is 4.83. The Hall–Kier alpha value is -4.38. The van der Waals surface area contributed by atoms with Crippen molar-refractivity contribution in [2.45, 2.75) is 264 Å². The fraction of sp³-hybridized carbons (Fsp3) is 0.643. The van der Waals surface area contributed by atoms with E-state index in [2.05, 4.69) is 142 Å². The number of rotatable bonds is 58. The van der Waals surface area contributed by atoms with Crippen LogP contribution in [-0.4, -0.2) is 66.5 Å². The van der Waals surface area contributed by atoms with E-state index in [0.29, 0.717) is 19.3 Å². The molecule has 12 heteroatoms. The van der Waals surface area contributed by atoms with E-state index in [1.54, 1.807) is 0 Å². The molecular formula is C70H115O11P. The maximum Gasteiger partial charge on any atom is 0.472 e. The number of hydrogen-bond acceptors (Lipinski definition) is 10. The second-order valence-corrected chi connectivity index (χ2v) is 22.3. The monoisotopic (exact) mass is 1160 g/mol. The van der Waals surface area contributed by atoms with Crippen molar-refractivity contribution in [3.05, 3.63) is 134 Å². The van der Waals surface area contributed by atoms with E-state index in [4.69, 9.17) is 23.3 Å². The number of aliphatic hydroxyl groups is 1. The quantitative estimate of drug-likeness (QED) is 0.0197. The number of carbonyl (C=O) groups excluding carboxylic acids is 3. The van der Waals surface area contributed by atoms with Crippen molar-refractivity contribution in [1.82, 2.24) is 0 Å². The average molecular weight is 1160 g/mol. The number of phosphoric acid groups is 1.